The Bertz CT molecular complexity index is 776. The smallest absolute Gasteiger partial charge is 0.349 e. The molecule has 0 bridgehead atoms. The van der Waals surface area contributed by atoms with Crippen molar-refractivity contribution in [2.45, 2.75) is 31.9 Å². The van der Waals surface area contributed by atoms with Gasteiger partial charge in [-0.05, 0) is 31.9 Å². The average Bonchev–Trinajstić information content (AvgIpc) is 3.08. The lowest BCUT2D eigenvalue weighted by Crippen LogP contribution is -2.42. The van der Waals surface area contributed by atoms with Gasteiger partial charge in [0.05, 0.1) is 19.3 Å². The molecule has 6 nitrogen and oxygen atoms in total. The fourth-order valence-corrected chi connectivity index (χ4v) is 2.81. The van der Waals surface area contributed by atoms with E-state index in [1.807, 2.05) is 6.92 Å². The standard InChI is InChI=1S/C17H19NO5/c1-10(13-7-4-8-22-13)18-16(19)12-9-11-5-3-6-14(21-2)15(11)23-17(12)20/h3,5-6,9-10,13H,4,7-8H2,1-2H3,(H,18,19)/t10-,13-/m1/s1. The van der Waals surface area contributed by atoms with Gasteiger partial charge in [0.15, 0.2) is 11.3 Å². The third-order valence-corrected chi connectivity index (χ3v) is 4.07. The van der Waals surface area contributed by atoms with Crippen molar-refractivity contribution in [3.63, 3.8) is 0 Å². The maximum absolute atomic E-state index is 12.4. The number of carbonyl (C=O) groups excluding carboxylic acids is 1. The van der Waals surface area contributed by atoms with E-state index in [1.54, 1.807) is 18.2 Å². The van der Waals surface area contributed by atoms with Crippen molar-refractivity contribution >= 4 is 16.9 Å². The predicted octanol–water partition coefficient (Wildman–Crippen LogP) is 2.10. The Morgan fingerprint density at radius 3 is 2.96 bits per heavy atom. The molecule has 1 amide bonds. The highest BCUT2D eigenvalue weighted by Crippen LogP contribution is 2.24. The van der Waals surface area contributed by atoms with Gasteiger partial charge in [0, 0.05) is 12.0 Å². The number of rotatable bonds is 4. The fraction of sp³-hybridized carbons (Fsp3) is 0.412. The maximum atomic E-state index is 12.4. The molecule has 2 aromatic rings. The second-order valence-electron chi connectivity index (χ2n) is 5.64. The van der Waals surface area contributed by atoms with Crippen molar-refractivity contribution in [1.82, 2.24) is 5.32 Å². The SMILES string of the molecule is COc1cccc2cc(C(=O)N[C@H](C)[C@H]3CCCO3)c(=O)oc12. The van der Waals surface area contributed by atoms with Crippen LogP contribution in [-0.2, 0) is 4.74 Å². The molecule has 1 N–H and O–H groups in total. The van der Waals surface area contributed by atoms with Crippen LogP contribution in [0.2, 0.25) is 0 Å². The highest BCUT2D eigenvalue weighted by molar-refractivity contribution is 5.97. The van der Waals surface area contributed by atoms with E-state index >= 15 is 0 Å². The molecule has 1 aromatic heterocycles. The Morgan fingerprint density at radius 2 is 2.26 bits per heavy atom. The summed E-state index contributed by atoms with van der Waals surface area (Å²) in [6.45, 7) is 2.59. The number of hydrogen-bond donors (Lipinski definition) is 1. The van der Waals surface area contributed by atoms with E-state index in [-0.39, 0.29) is 17.7 Å². The minimum absolute atomic E-state index is 0.00783. The van der Waals surface area contributed by atoms with Crippen molar-refractivity contribution in [1.29, 1.82) is 0 Å². The lowest BCUT2D eigenvalue weighted by Gasteiger charge is -2.19. The Kier molecular flexibility index (Phi) is 4.34. The summed E-state index contributed by atoms with van der Waals surface area (Å²) in [6, 6.07) is 6.61. The molecule has 2 atom stereocenters. The molecule has 1 aliphatic rings. The third-order valence-electron chi connectivity index (χ3n) is 4.07. The van der Waals surface area contributed by atoms with Crippen LogP contribution in [0, 0.1) is 0 Å². The second kappa shape index (κ2) is 6.42. The van der Waals surface area contributed by atoms with Crippen LogP contribution in [0.15, 0.2) is 33.5 Å². The molecule has 1 fully saturated rings. The number of ether oxygens (including phenoxy) is 2. The fourth-order valence-electron chi connectivity index (χ4n) is 2.81. The maximum Gasteiger partial charge on any atom is 0.349 e. The van der Waals surface area contributed by atoms with Crippen LogP contribution in [0.5, 0.6) is 5.75 Å². The summed E-state index contributed by atoms with van der Waals surface area (Å²) in [5, 5.41) is 3.45. The molecule has 1 aromatic carbocycles. The lowest BCUT2D eigenvalue weighted by atomic mass is 10.1. The van der Waals surface area contributed by atoms with Gasteiger partial charge in [-0.1, -0.05) is 12.1 Å². The molecule has 0 aliphatic carbocycles. The van der Waals surface area contributed by atoms with Crippen molar-refractivity contribution in [3.05, 3.63) is 40.2 Å². The van der Waals surface area contributed by atoms with E-state index in [2.05, 4.69) is 5.32 Å². The number of hydrogen-bond acceptors (Lipinski definition) is 5. The molecule has 0 radical (unpaired) electrons. The molecule has 0 spiro atoms. The number of amides is 1. The van der Waals surface area contributed by atoms with E-state index in [1.165, 1.54) is 13.2 Å². The summed E-state index contributed by atoms with van der Waals surface area (Å²) in [7, 11) is 1.50. The van der Waals surface area contributed by atoms with E-state index in [0.29, 0.717) is 23.3 Å². The normalized spacial score (nSPS) is 18.8. The van der Waals surface area contributed by atoms with Crippen LogP contribution in [0.3, 0.4) is 0 Å². The molecule has 2 heterocycles. The highest BCUT2D eigenvalue weighted by Gasteiger charge is 2.25. The first-order valence-electron chi connectivity index (χ1n) is 7.63. The largest absolute Gasteiger partial charge is 0.493 e. The summed E-state index contributed by atoms with van der Waals surface area (Å²) in [4.78, 5) is 24.5. The number of benzene rings is 1. The van der Waals surface area contributed by atoms with Gasteiger partial charge in [-0.3, -0.25) is 4.79 Å². The third kappa shape index (κ3) is 3.07. The average molecular weight is 317 g/mol. The van der Waals surface area contributed by atoms with E-state index in [9.17, 15) is 9.59 Å². The molecule has 1 aliphatic heterocycles. The molecule has 6 heteroatoms. The molecule has 1 saturated heterocycles. The van der Waals surface area contributed by atoms with E-state index in [0.717, 1.165) is 12.8 Å². The van der Waals surface area contributed by atoms with Crippen molar-refractivity contribution in [2.24, 2.45) is 0 Å². The minimum Gasteiger partial charge on any atom is -0.493 e. The second-order valence-corrected chi connectivity index (χ2v) is 5.64. The van der Waals surface area contributed by atoms with E-state index in [4.69, 9.17) is 13.9 Å². The first-order chi connectivity index (χ1) is 11.1. The van der Waals surface area contributed by atoms with Gasteiger partial charge in [0.2, 0.25) is 0 Å². The Balaban J connectivity index is 1.88. The summed E-state index contributed by atoms with van der Waals surface area (Å²) in [5.74, 6) is 0.00533. The van der Waals surface area contributed by atoms with Gasteiger partial charge in [0.25, 0.3) is 5.91 Å². The molecule has 3 rings (SSSR count). The van der Waals surface area contributed by atoms with Gasteiger partial charge >= 0.3 is 5.63 Å². The number of carbonyl (C=O) groups is 1. The summed E-state index contributed by atoms with van der Waals surface area (Å²) < 4.78 is 16.0. The molecule has 0 unspecified atom stereocenters. The number of methoxy groups -OCH3 is 1. The van der Waals surface area contributed by atoms with Gasteiger partial charge in [-0.15, -0.1) is 0 Å². The number of para-hydroxylation sites is 1. The first kappa shape index (κ1) is 15.6. The zero-order valence-electron chi connectivity index (χ0n) is 13.1. The van der Waals surface area contributed by atoms with Crippen LogP contribution in [0.1, 0.15) is 30.1 Å². The van der Waals surface area contributed by atoms with Crippen molar-refractivity contribution in [2.75, 3.05) is 13.7 Å². The van der Waals surface area contributed by atoms with Gasteiger partial charge in [0.1, 0.15) is 5.56 Å². The van der Waals surface area contributed by atoms with Crippen molar-refractivity contribution in [3.8, 4) is 5.75 Å². The van der Waals surface area contributed by atoms with Crippen LogP contribution >= 0.6 is 0 Å². The zero-order valence-corrected chi connectivity index (χ0v) is 13.1. The van der Waals surface area contributed by atoms with E-state index < -0.39 is 11.5 Å². The van der Waals surface area contributed by atoms with Crippen LogP contribution in [0.4, 0.5) is 0 Å². The van der Waals surface area contributed by atoms with Crippen LogP contribution in [0.25, 0.3) is 11.0 Å². The molecule has 0 saturated carbocycles. The molecular formula is C17H19NO5. The van der Waals surface area contributed by atoms with Crippen LogP contribution < -0.4 is 15.7 Å². The Morgan fingerprint density at radius 1 is 1.43 bits per heavy atom. The van der Waals surface area contributed by atoms with Gasteiger partial charge in [-0.25, -0.2) is 4.79 Å². The topological polar surface area (TPSA) is 77.8 Å². The predicted molar refractivity (Wildman–Crippen MR) is 84.9 cm³/mol. The summed E-state index contributed by atoms with van der Waals surface area (Å²) in [6.07, 6.45) is 1.89. The van der Waals surface area contributed by atoms with Gasteiger partial charge < -0.3 is 19.2 Å². The Labute approximate surface area is 133 Å². The summed E-state index contributed by atoms with van der Waals surface area (Å²) >= 11 is 0. The number of fused-ring (bicyclic) bond motifs is 1. The Hall–Kier alpha value is -2.34. The molecule has 23 heavy (non-hydrogen) atoms. The summed E-state index contributed by atoms with van der Waals surface area (Å²) in [5.41, 5.74) is -0.363. The monoisotopic (exact) mass is 317 g/mol. The molecular weight excluding hydrogens is 298 g/mol. The van der Waals surface area contributed by atoms with Gasteiger partial charge in [-0.2, -0.15) is 0 Å². The number of nitrogens with one attached hydrogen (secondary N) is 1. The quantitative estimate of drug-likeness (QED) is 0.874. The lowest BCUT2D eigenvalue weighted by molar-refractivity contribution is 0.0710. The zero-order chi connectivity index (χ0) is 16.4. The first-order valence-corrected chi connectivity index (χ1v) is 7.63. The molecule has 122 valence electrons. The highest BCUT2D eigenvalue weighted by atomic mass is 16.5. The minimum atomic E-state index is -0.681. The van der Waals surface area contributed by atoms with Crippen molar-refractivity contribution < 1.29 is 18.7 Å². The van der Waals surface area contributed by atoms with Crippen LogP contribution in [-0.4, -0.2) is 31.8 Å².